The average Bonchev–Trinajstić information content (AvgIpc) is 1.69. The third kappa shape index (κ3) is 1.81. The van der Waals surface area contributed by atoms with E-state index in [-0.39, 0.29) is 12.4 Å². The molecule has 5 heteroatoms. The summed E-state index contributed by atoms with van der Waals surface area (Å²) in [4.78, 5) is 0. The maximum absolute atomic E-state index is 5.11. The number of halogens is 1. The fourth-order valence-corrected chi connectivity index (χ4v) is 0.306. The summed E-state index contributed by atoms with van der Waals surface area (Å²) < 4.78 is 0. The Bertz CT molecular complexity index is 110. The van der Waals surface area contributed by atoms with Gasteiger partial charge < -0.3 is 0 Å². The highest BCUT2D eigenvalue weighted by atomic mass is 35.5. The van der Waals surface area contributed by atoms with Gasteiger partial charge in [0.05, 0.1) is 6.21 Å². The van der Waals surface area contributed by atoms with E-state index in [2.05, 4.69) is 10.5 Å². The molecule has 0 aromatic rings. The topological polar surface area (TPSA) is 53.6 Å². The molecule has 0 amide bonds. The van der Waals surface area contributed by atoms with Crippen molar-refractivity contribution in [2.45, 2.75) is 0 Å². The quantitative estimate of drug-likeness (QED) is 0.444. The predicted octanol–water partition coefficient (Wildman–Crippen LogP) is -0.398. The van der Waals surface area contributed by atoms with Gasteiger partial charge in [0.15, 0.2) is 0 Å². The van der Waals surface area contributed by atoms with E-state index >= 15 is 0 Å². The average molecular weight is 135 g/mol. The zero-order chi connectivity index (χ0) is 5.11. The summed E-state index contributed by atoms with van der Waals surface area (Å²) >= 11 is 0. The molecule has 0 saturated carbocycles. The lowest BCUT2D eigenvalue weighted by Gasteiger charge is -2.11. The fraction of sp³-hybridized carbons (Fsp3) is 0. The minimum absolute atomic E-state index is 0. The van der Waals surface area contributed by atoms with Crippen LogP contribution in [0.4, 0.5) is 0 Å². The van der Waals surface area contributed by atoms with E-state index in [4.69, 9.17) is 5.84 Å². The van der Waals surface area contributed by atoms with Crippen molar-refractivity contribution in [2.24, 2.45) is 10.9 Å². The van der Waals surface area contributed by atoms with Crippen molar-refractivity contribution >= 4 is 18.6 Å². The molecule has 3 N–H and O–H groups in total. The highest BCUT2D eigenvalue weighted by Crippen LogP contribution is 1.76. The molecule has 1 aliphatic heterocycles. The fourth-order valence-electron chi connectivity index (χ4n) is 0.306. The van der Waals surface area contributed by atoms with Crippen LogP contribution in [0.3, 0.4) is 0 Å². The third-order valence-electron chi connectivity index (χ3n) is 0.580. The summed E-state index contributed by atoms with van der Waals surface area (Å²) in [5.74, 6) is 5.11. The van der Waals surface area contributed by atoms with E-state index in [1.165, 1.54) is 0 Å². The normalized spacial score (nSPS) is 14.9. The molecule has 4 nitrogen and oxygen atoms in total. The number of hydrogen-bond acceptors (Lipinski definition) is 4. The summed E-state index contributed by atoms with van der Waals surface area (Å²) in [5, 5.41) is 4.74. The number of nitrogens with one attached hydrogen (secondary N) is 1. The summed E-state index contributed by atoms with van der Waals surface area (Å²) in [5.41, 5.74) is 2.61. The number of hydrazine groups is 2. The van der Waals surface area contributed by atoms with Crippen LogP contribution in [0.25, 0.3) is 0 Å². The van der Waals surface area contributed by atoms with Gasteiger partial charge in [-0.2, -0.15) is 0 Å². The molecule has 0 aromatic carbocycles. The van der Waals surface area contributed by atoms with Gasteiger partial charge in [-0.15, -0.1) is 22.7 Å². The predicted molar refractivity (Wildman–Crippen MR) is 34.0 cm³/mol. The van der Waals surface area contributed by atoms with Gasteiger partial charge in [0.25, 0.3) is 0 Å². The Hall–Kier alpha value is -0.740. The van der Waals surface area contributed by atoms with Crippen molar-refractivity contribution in [3.05, 3.63) is 12.3 Å². The zero-order valence-corrected chi connectivity index (χ0v) is 4.93. The molecular formula is C3H7ClN4. The molecule has 0 radical (unpaired) electrons. The molecule has 8 heavy (non-hydrogen) atoms. The van der Waals surface area contributed by atoms with Gasteiger partial charge in [-0.3, -0.25) is 5.43 Å². The molecule has 0 fully saturated rings. The van der Waals surface area contributed by atoms with Gasteiger partial charge in [-0.05, 0) is 6.08 Å². The van der Waals surface area contributed by atoms with E-state index < -0.39 is 0 Å². The Kier molecular flexibility index (Phi) is 2.98. The molecule has 0 aliphatic carbocycles. The van der Waals surface area contributed by atoms with Crippen molar-refractivity contribution in [1.82, 2.24) is 10.7 Å². The molecule has 46 valence electrons. The molecule has 0 aromatic heterocycles. The van der Waals surface area contributed by atoms with E-state index in [1.807, 2.05) is 0 Å². The van der Waals surface area contributed by atoms with Crippen LogP contribution in [0, 0.1) is 0 Å². The minimum atomic E-state index is 0. The Labute approximate surface area is 53.4 Å². The highest BCUT2D eigenvalue weighted by Gasteiger charge is 1.85. The lowest BCUT2D eigenvalue weighted by molar-refractivity contribution is 0.239. The first-order chi connectivity index (χ1) is 3.39. The lowest BCUT2D eigenvalue weighted by atomic mass is 10.7. The summed E-state index contributed by atoms with van der Waals surface area (Å²) in [6.45, 7) is 0. The first-order valence-electron chi connectivity index (χ1n) is 1.90. The van der Waals surface area contributed by atoms with E-state index in [9.17, 15) is 0 Å². The molecule has 1 heterocycles. The molecule has 0 unspecified atom stereocenters. The van der Waals surface area contributed by atoms with Crippen molar-refractivity contribution in [1.29, 1.82) is 0 Å². The van der Waals surface area contributed by atoms with Crippen LogP contribution >= 0.6 is 12.4 Å². The second kappa shape index (κ2) is 3.29. The SMILES string of the molecule is Cl.NN1N=CC=CN1. The van der Waals surface area contributed by atoms with Crippen LogP contribution in [-0.2, 0) is 0 Å². The second-order valence-corrected chi connectivity index (χ2v) is 1.10. The molecule has 0 bridgehead atoms. The van der Waals surface area contributed by atoms with Crippen molar-refractivity contribution < 1.29 is 0 Å². The van der Waals surface area contributed by atoms with E-state index in [1.54, 1.807) is 18.5 Å². The minimum Gasteiger partial charge on any atom is -0.275 e. The number of hydrazone groups is 1. The van der Waals surface area contributed by atoms with Gasteiger partial charge in [-0.1, -0.05) is 0 Å². The van der Waals surface area contributed by atoms with Crippen molar-refractivity contribution in [3.8, 4) is 0 Å². The van der Waals surface area contributed by atoms with Gasteiger partial charge in [0.1, 0.15) is 0 Å². The van der Waals surface area contributed by atoms with Crippen LogP contribution in [-0.4, -0.2) is 11.4 Å². The zero-order valence-electron chi connectivity index (χ0n) is 4.11. The Morgan fingerprint density at radius 3 is 2.62 bits per heavy atom. The summed E-state index contributed by atoms with van der Waals surface area (Å²) in [7, 11) is 0. The monoisotopic (exact) mass is 134 g/mol. The number of nitrogens with zero attached hydrogens (tertiary/aromatic N) is 2. The molecule has 0 atom stereocenters. The largest absolute Gasteiger partial charge is 0.275 e. The summed E-state index contributed by atoms with van der Waals surface area (Å²) in [6.07, 6.45) is 5.03. The van der Waals surface area contributed by atoms with Gasteiger partial charge in [-0.25, -0.2) is 5.84 Å². The van der Waals surface area contributed by atoms with Gasteiger partial charge in [0, 0.05) is 6.20 Å². The van der Waals surface area contributed by atoms with Crippen LogP contribution in [0.1, 0.15) is 0 Å². The van der Waals surface area contributed by atoms with E-state index in [0.717, 1.165) is 5.23 Å². The van der Waals surface area contributed by atoms with Crippen molar-refractivity contribution in [3.63, 3.8) is 0 Å². The van der Waals surface area contributed by atoms with Crippen LogP contribution in [0.5, 0.6) is 0 Å². The third-order valence-corrected chi connectivity index (χ3v) is 0.580. The van der Waals surface area contributed by atoms with Crippen LogP contribution < -0.4 is 11.3 Å². The van der Waals surface area contributed by atoms with Gasteiger partial charge >= 0.3 is 0 Å². The number of allylic oxidation sites excluding steroid dienone is 1. The Morgan fingerprint density at radius 2 is 2.38 bits per heavy atom. The smallest absolute Gasteiger partial charge is 0.0521 e. The lowest BCUT2D eigenvalue weighted by Crippen LogP contribution is -2.37. The van der Waals surface area contributed by atoms with E-state index in [0.29, 0.717) is 0 Å². The first kappa shape index (κ1) is 7.26. The maximum atomic E-state index is 5.11. The molecule has 1 rings (SSSR count). The van der Waals surface area contributed by atoms with Crippen molar-refractivity contribution in [2.75, 3.05) is 0 Å². The second-order valence-electron chi connectivity index (χ2n) is 1.10. The van der Waals surface area contributed by atoms with Crippen LogP contribution in [0.2, 0.25) is 0 Å². The highest BCUT2D eigenvalue weighted by molar-refractivity contribution is 5.85. The van der Waals surface area contributed by atoms with Crippen LogP contribution in [0.15, 0.2) is 17.4 Å². The number of rotatable bonds is 0. The Balaban J connectivity index is 0.000000490. The molecule has 0 spiro atoms. The number of hydrogen-bond donors (Lipinski definition) is 2. The Morgan fingerprint density at radius 1 is 1.62 bits per heavy atom. The maximum Gasteiger partial charge on any atom is 0.0521 e. The van der Waals surface area contributed by atoms with Gasteiger partial charge in [0.2, 0.25) is 0 Å². The molecule has 0 saturated heterocycles. The molecular weight excluding hydrogens is 128 g/mol. The number of nitrogens with two attached hydrogens (primary N) is 1. The summed E-state index contributed by atoms with van der Waals surface area (Å²) in [6, 6.07) is 0. The molecule has 1 aliphatic rings. The first-order valence-corrected chi connectivity index (χ1v) is 1.90. The standard InChI is InChI=1S/C3H6N4.ClH/c4-7-5-2-1-3-6-7;/h1-3,5H,4H2;1H.